The summed E-state index contributed by atoms with van der Waals surface area (Å²) in [6.45, 7) is 5.96. The van der Waals surface area contributed by atoms with Crippen LogP contribution in [0.3, 0.4) is 0 Å². The summed E-state index contributed by atoms with van der Waals surface area (Å²) in [5.74, 6) is 0.906. The van der Waals surface area contributed by atoms with Crippen molar-refractivity contribution in [1.82, 2.24) is 4.90 Å². The van der Waals surface area contributed by atoms with Gasteiger partial charge in [-0.25, -0.2) is 0 Å². The maximum absolute atomic E-state index is 11.9. The molecule has 0 aromatic heterocycles. The van der Waals surface area contributed by atoms with E-state index in [1.165, 1.54) is 12.8 Å². The van der Waals surface area contributed by atoms with Crippen LogP contribution in [0.2, 0.25) is 0 Å². The molecular formula is C12H24N2O. The molecule has 15 heavy (non-hydrogen) atoms. The first-order valence-electron chi connectivity index (χ1n) is 6.14. The standard InChI is InChI=1S/C12H24N2O/c1-10(2)9-14(11-6-7-11)12(15)5-3-4-8-13/h10-11H,3-9,13H2,1-2H3. The molecule has 0 aromatic rings. The summed E-state index contributed by atoms with van der Waals surface area (Å²) in [6.07, 6.45) is 4.99. The van der Waals surface area contributed by atoms with Crippen molar-refractivity contribution in [2.75, 3.05) is 13.1 Å². The lowest BCUT2D eigenvalue weighted by atomic mass is 10.1. The molecule has 3 heteroatoms. The minimum atomic E-state index is 0.333. The number of carbonyl (C=O) groups excluding carboxylic acids is 1. The fourth-order valence-corrected chi connectivity index (χ4v) is 1.80. The molecule has 1 saturated carbocycles. The molecule has 0 aliphatic heterocycles. The van der Waals surface area contributed by atoms with E-state index >= 15 is 0 Å². The van der Waals surface area contributed by atoms with Crippen LogP contribution in [0.4, 0.5) is 0 Å². The topological polar surface area (TPSA) is 46.3 Å². The second-order valence-electron chi connectivity index (χ2n) is 4.92. The number of rotatable bonds is 7. The molecule has 1 aliphatic rings. The third-order valence-electron chi connectivity index (χ3n) is 2.71. The highest BCUT2D eigenvalue weighted by Crippen LogP contribution is 2.28. The van der Waals surface area contributed by atoms with Gasteiger partial charge in [-0.2, -0.15) is 0 Å². The minimum Gasteiger partial charge on any atom is -0.339 e. The fraction of sp³-hybridized carbons (Fsp3) is 0.917. The van der Waals surface area contributed by atoms with E-state index in [9.17, 15) is 4.79 Å². The van der Waals surface area contributed by atoms with E-state index in [1.54, 1.807) is 0 Å². The number of hydrogen-bond donors (Lipinski definition) is 1. The zero-order valence-corrected chi connectivity index (χ0v) is 10.0. The summed E-state index contributed by atoms with van der Waals surface area (Å²) in [4.78, 5) is 14.0. The maximum Gasteiger partial charge on any atom is 0.222 e. The Labute approximate surface area is 93.0 Å². The number of unbranched alkanes of at least 4 members (excludes halogenated alkanes) is 1. The van der Waals surface area contributed by atoms with Crippen molar-refractivity contribution in [3.8, 4) is 0 Å². The largest absolute Gasteiger partial charge is 0.339 e. The highest BCUT2D eigenvalue weighted by molar-refractivity contribution is 5.76. The average Bonchev–Trinajstić information content (AvgIpc) is 2.97. The number of carbonyl (C=O) groups is 1. The Morgan fingerprint density at radius 1 is 1.40 bits per heavy atom. The molecule has 1 fully saturated rings. The Balaban J connectivity index is 2.30. The molecule has 0 unspecified atom stereocenters. The van der Waals surface area contributed by atoms with E-state index in [4.69, 9.17) is 5.73 Å². The molecule has 0 atom stereocenters. The van der Waals surface area contributed by atoms with E-state index in [1.807, 2.05) is 0 Å². The Morgan fingerprint density at radius 2 is 2.07 bits per heavy atom. The number of hydrogen-bond acceptors (Lipinski definition) is 2. The van der Waals surface area contributed by atoms with E-state index < -0.39 is 0 Å². The van der Waals surface area contributed by atoms with Crippen LogP contribution in [0.25, 0.3) is 0 Å². The van der Waals surface area contributed by atoms with Gasteiger partial charge in [-0.1, -0.05) is 13.8 Å². The minimum absolute atomic E-state index is 0.333. The van der Waals surface area contributed by atoms with Gasteiger partial charge in [0.05, 0.1) is 0 Å². The van der Waals surface area contributed by atoms with Crippen molar-refractivity contribution in [2.24, 2.45) is 11.7 Å². The second kappa shape index (κ2) is 6.11. The van der Waals surface area contributed by atoms with E-state index in [0.29, 0.717) is 30.8 Å². The van der Waals surface area contributed by atoms with Crippen molar-refractivity contribution in [1.29, 1.82) is 0 Å². The molecule has 88 valence electrons. The monoisotopic (exact) mass is 212 g/mol. The molecule has 0 heterocycles. The maximum atomic E-state index is 11.9. The number of nitrogens with two attached hydrogens (primary N) is 1. The highest BCUT2D eigenvalue weighted by atomic mass is 16.2. The van der Waals surface area contributed by atoms with Crippen molar-refractivity contribution in [3.05, 3.63) is 0 Å². The molecule has 1 amide bonds. The van der Waals surface area contributed by atoms with Crippen LogP contribution < -0.4 is 5.73 Å². The quantitative estimate of drug-likeness (QED) is 0.654. The van der Waals surface area contributed by atoms with Crippen LogP contribution in [0.5, 0.6) is 0 Å². The van der Waals surface area contributed by atoms with Gasteiger partial charge in [0.1, 0.15) is 0 Å². The normalized spacial score (nSPS) is 15.7. The summed E-state index contributed by atoms with van der Waals surface area (Å²) in [5, 5.41) is 0. The Morgan fingerprint density at radius 3 is 2.53 bits per heavy atom. The van der Waals surface area contributed by atoms with Crippen LogP contribution in [0.1, 0.15) is 46.0 Å². The van der Waals surface area contributed by atoms with Gasteiger partial charge in [-0.15, -0.1) is 0 Å². The fourth-order valence-electron chi connectivity index (χ4n) is 1.80. The van der Waals surface area contributed by atoms with E-state index in [2.05, 4.69) is 18.7 Å². The Kier molecular flexibility index (Phi) is 5.09. The van der Waals surface area contributed by atoms with Crippen molar-refractivity contribution in [2.45, 2.75) is 52.0 Å². The van der Waals surface area contributed by atoms with Gasteiger partial charge in [-0.05, 0) is 38.1 Å². The van der Waals surface area contributed by atoms with Gasteiger partial charge in [0.15, 0.2) is 0 Å². The molecular weight excluding hydrogens is 188 g/mol. The molecule has 1 aliphatic carbocycles. The zero-order chi connectivity index (χ0) is 11.3. The summed E-state index contributed by atoms with van der Waals surface area (Å²) >= 11 is 0. The van der Waals surface area contributed by atoms with Crippen molar-refractivity contribution in [3.63, 3.8) is 0 Å². The van der Waals surface area contributed by atoms with Crippen LogP contribution in [-0.2, 0) is 4.79 Å². The Hall–Kier alpha value is -0.570. The predicted octanol–water partition coefficient (Wildman–Crippen LogP) is 1.76. The summed E-state index contributed by atoms with van der Waals surface area (Å²) < 4.78 is 0. The number of nitrogens with zero attached hydrogens (tertiary/aromatic N) is 1. The van der Waals surface area contributed by atoms with Gasteiger partial charge in [0.2, 0.25) is 5.91 Å². The highest BCUT2D eigenvalue weighted by Gasteiger charge is 2.32. The second-order valence-corrected chi connectivity index (χ2v) is 4.92. The van der Waals surface area contributed by atoms with Gasteiger partial charge in [0, 0.05) is 19.0 Å². The summed E-state index contributed by atoms with van der Waals surface area (Å²) in [5.41, 5.74) is 5.42. The number of amides is 1. The summed E-state index contributed by atoms with van der Waals surface area (Å²) in [7, 11) is 0. The molecule has 0 aromatic carbocycles. The molecule has 0 bridgehead atoms. The molecule has 0 spiro atoms. The smallest absolute Gasteiger partial charge is 0.222 e. The molecule has 0 radical (unpaired) electrons. The van der Waals surface area contributed by atoms with Crippen LogP contribution in [0, 0.1) is 5.92 Å². The van der Waals surface area contributed by atoms with Crippen LogP contribution >= 0.6 is 0 Å². The average molecular weight is 212 g/mol. The van der Waals surface area contributed by atoms with Crippen molar-refractivity contribution < 1.29 is 4.79 Å². The van der Waals surface area contributed by atoms with E-state index in [0.717, 1.165) is 19.4 Å². The third kappa shape index (κ3) is 4.65. The van der Waals surface area contributed by atoms with Gasteiger partial charge in [-0.3, -0.25) is 4.79 Å². The predicted molar refractivity (Wildman–Crippen MR) is 62.5 cm³/mol. The van der Waals surface area contributed by atoms with Gasteiger partial charge < -0.3 is 10.6 Å². The SMILES string of the molecule is CC(C)CN(C(=O)CCCCN)C1CC1. The lowest BCUT2D eigenvalue weighted by Crippen LogP contribution is -2.35. The molecule has 0 saturated heterocycles. The van der Waals surface area contributed by atoms with Crippen LogP contribution in [0.15, 0.2) is 0 Å². The first kappa shape index (κ1) is 12.5. The molecule has 1 rings (SSSR count). The van der Waals surface area contributed by atoms with Crippen LogP contribution in [-0.4, -0.2) is 29.9 Å². The van der Waals surface area contributed by atoms with Gasteiger partial charge >= 0.3 is 0 Å². The first-order valence-corrected chi connectivity index (χ1v) is 6.14. The zero-order valence-electron chi connectivity index (χ0n) is 10.0. The lowest BCUT2D eigenvalue weighted by molar-refractivity contribution is -0.132. The third-order valence-corrected chi connectivity index (χ3v) is 2.71. The summed E-state index contributed by atoms with van der Waals surface area (Å²) in [6, 6.07) is 0.553. The molecule has 3 nitrogen and oxygen atoms in total. The Bertz CT molecular complexity index is 200. The van der Waals surface area contributed by atoms with Crippen molar-refractivity contribution >= 4 is 5.91 Å². The lowest BCUT2D eigenvalue weighted by Gasteiger charge is -2.24. The molecule has 2 N–H and O–H groups in total. The first-order chi connectivity index (χ1) is 7.15. The van der Waals surface area contributed by atoms with E-state index in [-0.39, 0.29) is 0 Å². The van der Waals surface area contributed by atoms with Gasteiger partial charge in [0.25, 0.3) is 0 Å².